The van der Waals surface area contributed by atoms with E-state index in [2.05, 4.69) is 25.4 Å². The summed E-state index contributed by atoms with van der Waals surface area (Å²) in [5.74, 6) is 0.267. The molecule has 0 radical (unpaired) electrons. The van der Waals surface area contributed by atoms with E-state index in [-0.39, 0.29) is 11.5 Å². The van der Waals surface area contributed by atoms with Crippen LogP contribution in [0.15, 0.2) is 41.2 Å². The molecular formula is C19H16F3N5O2. The van der Waals surface area contributed by atoms with Gasteiger partial charge in [0.15, 0.2) is 0 Å². The normalized spacial score (nSPS) is 15.2. The van der Waals surface area contributed by atoms with Crippen LogP contribution in [0.1, 0.15) is 59.4 Å². The molecule has 0 saturated heterocycles. The Morgan fingerprint density at radius 1 is 1.21 bits per heavy atom. The van der Waals surface area contributed by atoms with Gasteiger partial charge in [-0.1, -0.05) is 5.16 Å². The van der Waals surface area contributed by atoms with Crippen LogP contribution in [0, 0.1) is 0 Å². The Balaban J connectivity index is 1.47. The van der Waals surface area contributed by atoms with E-state index in [1.165, 1.54) is 6.07 Å². The van der Waals surface area contributed by atoms with Crippen LogP contribution in [0.5, 0.6) is 0 Å². The number of amides is 1. The van der Waals surface area contributed by atoms with Crippen LogP contribution in [0.2, 0.25) is 0 Å². The topological polar surface area (TPSA) is 93.8 Å². The number of nitrogens with one attached hydrogen (secondary N) is 1. The van der Waals surface area contributed by atoms with E-state index in [0.29, 0.717) is 17.8 Å². The van der Waals surface area contributed by atoms with Gasteiger partial charge < -0.3 is 9.84 Å². The Hall–Kier alpha value is -3.30. The predicted octanol–water partition coefficient (Wildman–Crippen LogP) is 3.91. The summed E-state index contributed by atoms with van der Waals surface area (Å²) in [5.41, 5.74) is 0.428. The van der Waals surface area contributed by atoms with Crippen molar-refractivity contribution in [2.75, 3.05) is 0 Å². The van der Waals surface area contributed by atoms with Gasteiger partial charge in [-0.15, -0.1) is 0 Å². The molecular weight excluding hydrogens is 387 g/mol. The van der Waals surface area contributed by atoms with Crippen molar-refractivity contribution in [3.8, 4) is 11.4 Å². The highest BCUT2D eigenvalue weighted by Gasteiger charge is 2.33. The molecule has 10 heteroatoms. The van der Waals surface area contributed by atoms with Gasteiger partial charge in [0.1, 0.15) is 11.7 Å². The molecule has 1 saturated carbocycles. The standard InChI is InChI=1S/C19H16F3N5O2/c1-10(25-17(28)13-5-7-24-15(9-13)19(20,21)22)18-26-16(27-29-18)12-4-6-23-14(8-12)11-2-3-11/h4-11H,2-3H2,1H3,(H,25,28). The first-order valence-corrected chi connectivity index (χ1v) is 8.95. The first-order valence-electron chi connectivity index (χ1n) is 8.95. The van der Waals surface area contributed by atoms with Crippen molar-refractivity contribution in [3.05, 3.63) is 59.5 Å². The maximum Gasteiger partial charge on any atom is 0.433 e. The Kier molecular flexibility index (Phi) is 4.77. The largest absolute Gasteiger partial charge is 0.433 e. The number of alkyl halides is 3. The molecule has 1 aliphatic carbocycles. The Morgan fingerprint density at radius 3 is 2.69 bits per heavy atom. The third-order valence-electron chi connectivity index (χ3n) is 4.51. The third-order valence-corrected chi connectivity index (χ3v) is 4.51. The lowest BCUT2D eigenvalue weighted by molar-refractivity contribution is -0.141. The summed E-state index contributed by atoms with van der Waals surface area (Å²) in [6.45, 7) is 1.60. The molecule has 3 heterocycles. The van der Waals surface area contributed by atoms with Gasteiger partial charge in [0.2, 0.25) is 11.7 Å². The van der Waals surface area contributed by atoms with E-state index >= 15 is 0 Å². The van der Waals surface area contributed by atoms with Gasteiger partial charge in [-0.2, -0.15) is 18.2 Å². The minimum Gasteiger partial charge on any atom is -0.341 e. The summed E-state index contributed by atoms with van der Waals surface area (Å²) in [6, 6.07) is 4.87. The highest BCUT2D eigenvalue weighted by atomic mass is 19.4. The van der Waals surface area contributed by atoms with Gasteiger partial charge in [0.25, 0.3) is 5.91 Å². The SMILES string of the molecule is CC(NC(=O)c1ccnc(C(F)(F)F)c1)c1nc(-c2ccnc(C3CC3)c2)no1. The number of nitrogens with zero attached hydrogens (tertiary/aromatic N) is 4. The van der Waals surface area contributed by atoms with Gasteiger partial charge >= 0.3 is 6.18 Å². The molecule has 1 atom stereocenters. The molecule has 1 N–H and O–H groups in total. The Bertz CT molecular complexity index is 1050. The molecule has 4 rings (SSSR count). The lowest BCUT2D eigenvalue weighted by Crippen LogP contribution is -2.27. The summed E-state index contributed by atoms with van der Waals surface area (Å²) in [4.78, 5) is 24.2. The Morgan fingerprint density at radius 2 is 1.97 bits per heavy atom. The average Bonchev–Trinajstić information content (AvgIpc) is 3.43. The van der Waals surface area contributed by atoms with Crippen LogP contribution in [-0.2, 0) is 6.18 Å². The number of aromatic nitrogens is 4. The minimum atomic E-state index is -4.63. The van der Waals surface area contributed by atoms with Crippen LogP contribution >= 0.6 is 0 Å². The fourth-order valence-corrected chi connectivity index (χ4v) is 2.79. The van der Waals surface area contributed by atoms with E-state index in [4.69, 9.17) is 4.52 Å². The second-order valence-corrected chi connectivity index (χ2v) is 6.82. The molecule has 29 heavy (non-hydrogen) atoms. The maximum atomic E-state index is 12.8. The second-order valence-electron chi connectivity index (χ2n) is 6.82. The number of carbonyl (C=O) groups excluding carboxylic acids is 1. The molecule has 0 bridgehead atoms. The monoisotopic (exact) mass is 403 g/mol. The zero-order valence-corrected chi connectivity index (χ0v) is 15.3. The molecule has 3 aromatic rings. The van der Waals surface area contributed by atoms with Crippen molar-refractivity contribution >= 4 is 5.91 Å². The second kappa shape index (κ2) is 7.26. The fourth-order valence-electron chi connectivity index (χ4n) is 2.79. The number of halogens is 3. The summed E-state index contributed by atoms with van der Waals surface area (Å²) in [7, 11) is 0. The van der Waals surface area contributed by atoms with Crippen LogP contribution in [0.3, 0.4) is 0 Å². The number of pyridine rings is 2. The molecule has 1 aliphatic rings. The van der Waals surface area contributed by atoms with Crippen LogP contribution in [0.4, 0.5) is 13.2 Å². The van der Waals surface area contributed by atoms with E-state index in [0.717, 1.165) is 30.3 Å². The predicted molar refractivity (Wildman–Crippen MR) is 94.6 cm³/mol. The van der Waals surface area contributed by atoms with Gasteiger partial charge in [0.05, 0.1) is 0 Å². The van der Waals surface area contributed by atoms with Gasteiger partial charge in [-0.05, 0) is 44.0 Å². The van der Waals surface area contributed by atoms with Gasteiger partial charge in [0, 0.05) is 35.1 Å². The number of carbonyl (C=O) groups is 1. The van der Waals surface area contributed by atoms with Gasteiger partial charge in [-0.25, -0.2) is 0 Å². The zero-order valence-electron chi connectivity index (χ0n) is 15.3. The quantitative estimate of drug-likeness (QED) is 0.694. The lowest BCUT2D eigenvalue weighted by Gasteiger charge is -2.11. The highest BCUT2D eigenvalue weighted by Crippen LogP contribution is 2.39. The van der Waals surface area contributed by atoms with Crippen molar-refractivity contribution in [1.82, 2.24) is 25.4 Å². The molecule has 1 amide bonds. The average molecular weight is 403 g/mol. The Labute approximate surface area is 163 Å². The van der Waals surface area contributed by atoms with Crippen molar-refractivity contribution in [2.24, 2.45) is 0 Å². The van der Waals surface area contributed by atoms with Crippen molar-refractivity contribution in [2.45, 2.75) is 37.9 Å². The van der Waals surface area contributed by atoms with E-state index < -0.39 is 23.8 Å². The van der Waals surface area contributed by atoms with Crippen molar-refractivity contribution in [1.29, 1.82) is 0 Å². The molecule has 3 aromatic heterocycles. The zero-order chi connectivity index (χ0) is 20.6. The molecule has 150 valence electrons. The first kappa shape index (κ1) is 19.0. The molecule has 0 aliphatic heterocycles. The summed E-state index contributed by atoms with van der Waals surface area (Å²) in [6.07, 6.45) is 0.220. The smallest absolute Gasteiger partial charge is 0.341 e. The number of rotatable bonds is 5. The summed E-state index contributed by atoms with van der Waals surface area (Å²) < 4.78 is 43.5. The summed E-state index contributed by atoms with van der Waals surface area (Å²) >= 11 is 0. The van der Waals surface area contributed by atoms with Crippen LogP contribution in [-0.4, -0.2) is 26.0 Å². The fraction of sp³-hybridized carbons (Fsp3) is 0.316. The van der Waals surface area contributed by atoms with Crippen LogP contribution in [0.25, 0.3) is 11.4 Å². The lowest BCUT2D eigenvalue weighted by atomic mass is 10.1. The molecule has 0 spiro atoms. The summed E-state index contributed by atoms with van der Waals surface area (Å²) in [5, 5.41) is 6.48. The van der Waals surface area contributed by atoms with E-state index in [1.807, 2.05) is 6.07 Å². The number of hydrogen-bond acceptors (Lipinski definition) is 6. The van der Waals surface area contributed by atoms with Crippen molar-refractivity contribution in [3.63, 3.8) is 0 Å². The first-order chi connectivity index (χ1) is 13.8. The van der Waals surface area contributed by atoms with Crippen LogP contribution < -0.4 is 5.32 Å². The van der Waals surface area contributed by atoms with Gasteiger partial charge in [-0.3, -0.25) is 14.8 Å². The molecule has 1 fully saturated rings. The number of hydrogen-bond donors (Lipinski definition) is 1. The van der Waals surface area contributed by atoms with E-state index in [9.17, 15) is 18.0 Å². The maximum absolute atomic E-state index is 12.8. The molecule has 0 aromatic carbocycles. The third kappa shape index (κ3) is 4.25. The highest BCUT2D eigenvalue weighted by molar-refractivity contribution is 5.94. The molecule has 7 nitrogen and oxygen atoms in total. The van der Waals surface area contributed by atoms with Crippen molar-refractivity contribution < 1.29 is 22.5 Å². The molecule has 1 unspecified atom stereocenters. The minimum absolute atomic E-state index is 0.142. The van der Waals surface area contributed by atoms with E-state index in [1.54, 1.807) is 19.2 Å².